The highest BCUT2D eigenvalue weighted by Crippen LogP contribution is 2.32. The van der Waals surface area contributed by atoms with Crippen molar-refractivity contribution in [3.05, 3.63) is 51.2 Å². The molecule has 0 spiro atoms. The molecule has 1 aliphatic carbocycles. The number of fused-ring (bicyclic) bond motifs is 1. The van der Waals surface area contributed by atoms with E-state index in [1.807, 2.05) is 6.07 Å². The van der Waals surface area contributed by atoms with E-state index in [0.29, 0.717) is 10.8 Å². The highest BCUT2D eigenvalue weighted by molar-refractivity contribution is 7.14. The molecule has 25 heavy (non-hydrogen) atoms. The van der Waals surface area contributed by atoms with E-state index in [-0.39, 0.29) is 5.69 Å². The average Bonchev–Trinajstić information content (AvgIpc) is 2.99. The fraction of sp³-hybridized carbons (Fsp3) is 0.333. The highest BCUT2D eigenvalue weighted by atomic mass is 32.1. The molecule has 1 unspecified atom stereocenters. The number of rotatable bonds is 4. The summed E-state index contributed by atoms with van der Waals surface area (Å²) in [6.45, 7) is 1.61. The van der Waals surface area contributed by atoms with Crippen molar-refractivity contribution in [3.8, 4) is 0 Å². The molecule has 1 heterocycles. The van der Waals surface area contributed by atoms with E-state index in [2.05, 4.69) is 12.2 Å². The summed E-state index contributed by atoms with van der Waals surface area (Å²) >= 11 is 1.39. The number of ether oxygens (including phenoxy) is 1. The van der Waals surface area contributed by atoms with Crippen LogP contribution in [0.2, 0.25) is 0 Å². The van der Waals surface area contributed by atoms with Gasteiger partial charge in [0.15, 0.2) is 6.61 Å². The molecule has 1 aromatic carbocycles. The van der Waals surface area contributed by atoms with Gasteiger partial charge in [-0.2, -0.15) is 0 Å². The van der Waals surface area contributed by atoms with Gasteiger partial charge in [-0.3, -0.25) is 4.79 Å². The van der Waals surface area contributed by atoms with Crippen molar-refractivity contribution in [2.24, 2.45) is 5.92 Å². The third-order valence-electron chi connectivity index (χ3n) is 4.07. The van der Waals surface area contributed by atoms with Crippen LogP contribution >= 0.6 is 11.3 Å². The van der Waals surface area contributed by atoms with Crippen LogP contribution in [0.5, 0.6) is 0 Å². The number of amides is 1. The van der Waals surface area contributed by atoms with Gasteiger partial charge in [0, 0.05) is 10.9 Å². The quantitative estimate of drug-likeness (QED) is 0.835. The Bertz CT molecular complexity index is 819. The first kappa shape index (κ1) is 17.5. The van der Waals surface area contributed by atoms with Crippen LogP contribution in [-0.2, 0) is 22.4 Å². The Morgan fingerprint density at radius 2 is 2.12 bits per heavy atom. The maximum absolute atomic E-state index is 13.5. The zero-order valence-electron chi connectivity index (χ0n) is 13.6. The zero-order chi connectivity index (χ0) is 18.0. The summed E-state index contributed by atoms with van der Waals surface area (Å²) in [5.74, 6) is -2.15. The smallest absolute Gasteiger partial charge is 0.348 e. The van der Waals surface area contributed by atoms with Gasteiger partial charge in [0.2, 0.25) is 0 Å². The number of anilines is 1. The predicted octanol–water partition coefficient (Wildman–Crippen LogP) is 3.95. The molecule has 4 nitrogen and oxygen atoms in total. The molecule has 0 bridgehead atoms. The second kappa shape index (κ2) is 7.31. The minimum atomic E-state index is -0.763. The van der Waals surface area contributed by atoms with Crippen LogP contribution in [0.25, 0.3) is 0 Å². The van der Waals surface area contributed by atoms with Gasteiger partial charge < -0.3 is 10.1 Å². The Labute approximate surface area is 147 Å². The summed E-state index contributed by atoms with van der Waals surface area (Å²) in [6.07, 6.45) is 3.00. The molecule has 1 amide bonds. The monoisotopic (exact) mass is 365 g/mol. The molecule has 7 heteroatoms. The number of aryl methyl sites for hydroxylation is 1. The van der Waals surface area contributed by atoms with Gasteiger partial charge in [-0.15, -0.1) is 11.3 Å². The van der Waals surface area contributed by atoms with Gasteiger partial charge >= 0.3 is 5.97 Å². The normalized spacial score (nSPS) is 16.2. The Balaban J connectivity index is 1.57. The van der Waals surface area contributed by atoms with Crippen LogP contribution in [-0.4, -0.2) is 18.5 Å². The minimum absolute atomic E-state index is 0.290. The lowest BCUT2D eigenvalue weighted by Gasteiger charge is -2.16. The number of hydrogen-bond donors (Lipinski definition) is 1. The van der Waals surface area contributed by atoms with E-state index in [1.165, 1.54) is 21.8 Å². The first-order valence-corrected chi connectivity index (χ1v) is 8.77. The van der Waals surface area contributed by atoms with Crippen molar-refractivity contribution < 1.29 is 23.1 Å². The van der Waals surface area contributed by atoms with E-state index in [9.17, 15) is 18.4 Å². The number of esters is 1. The molecule has 0 saturated carbocycles. The third-order valence-corrected chi connectivity index (χ3v) is 5.28. The van der Waals surface area contributed by atoms with Gasteiger partial charge in [0.05, 0.1) is 5.69 Å². The molecule has 1 atom stereocenters. The topological polar surface area (TPSA) is 55.4 Å². The first-order valence-electron chi connectivity index (χ1n) is 7.96. The van der Waals surface area contributed by atoms with E-state index in [4.69, 9.17) is 4.74 Å². The molecule has 0 aliphatic heterocycles. The lowest BCUT2D eigenvalue weighted by atomic mass is 9.90. The molecule has 1 N–H and O–H groups in total. The van der Waals surface area contributed by atoms with Crippen molar-refractivity contribution in [1.82, 2.24) is 0 Å². The van der Waals surface area contributed by atoms with Gasteiger partial charge in [-0.05, 0) is 48.9 Å². The lowest BCUT2D eigenvalue weighted by molar-refractivity contribution is -0.119. The summed E-state index contributed by atoms with van der Waals surface area (Å²) in [7, 11) is 0. The Morgan fingerprint density at radius 1 is 1.32 bits per heavy atom. The number of carbonyl (C=O) groups is 2. The number of hydrogen-bond acceptors (Lipinski definition) is 4. The number of nitrogens with one attached hydrogen (secondary N) is 1. The van der Waals surface area contributed by atoms with Gasteiger partial charge in [0.25, 0.3) is 5.91 Å². The van der Waals surface area contributed by atoms with Crippen LogP contribution < -0.4 is 5.32 Å². The van der Waals surface area contributed by atoms with Crippen LogP contribution in [0.15, 0.2) is 24.3 Å². The second-order valence-electron chi connectivity index (χ2n) is 6.16. The lowest BCUT2D eigenvalue weighted by Crippen LogP contribution is -2.21. The van der Waals surface area contributed by atoms with Crippen molar-refractivity contribution >= 4 is 28.9 Å². The minimum Gasteiger partial charge on any atom is -0.451 e. The number of halogens is 2. The molecule has 1 aromatic heterocycles. The van der Waals surface area contributed by atoms with Crippen LogP contribution in [0.3, 0.4) is 0 Å². The molecule has 3 rings (SSSR count). The van der Waals surface area contributed by atoms with Crippen molar-refractivity contribution in [1.29, 1.82) is 0 Å². The average molecular weight is 365 g/mol. The fourth-order valence-corrected chi connectivity index (χ4v) is 3.89. The van der Waals surface area contributed by atoms with Crippen molar-refractivity contribution in [3.63, 3.8) is 0 Å². The largest absolute Gasteiger partial charge is 0.451 e. The summed E-state index contributed by atoms with van der Waals surface area (Å²) in [6, 6.07) is 4.55. The number of benzene rings is 1. The van der Waals surface area contributed by atoms with E-state index < -0.39 is 30.1 Å². The number of carbonyl (C=O) groups excluding carboxylic acids is 2. The molecular weight excluding hydrogens is 348 g/mol. The SMILES string of the molecule is CC1CCc2sc(C(=O)OCC(=O)Nc3cc(F)ccc3F)cc2C1. The Hall–Kier alpha value is -2.28. The summed E-state index contributed by atoms with van der Waals surface area (Å²) in [4.78, 5) is 25.5. The maximum atomic E-state index is 13.5. The van der Waals surface area contributed by atoms with Gasteiger partial charge in [-0.25, -0.2) is 13.6 Å². The summed E-state index contributed by atoms with van der Waals surface area (Å²) in [5.41, 5.74) is 0.878. The Kier molecular flexibility index (Phi) is 5.13. The predicted molar refractivity (Wildman–Crippen MR) is 90.8 cm³/mol. The third kappa shape index (κ3) is 4.22. The summed E-state index contributed by atoms with van der Waals surface area (Å²) < 4.78 is 31.5. The van der Waals surface area contributed by atoms with E-state index in [0.717, 1.165) is 37.5 Å². The Morgan fingerprint density at radius 3 is 2.92 bits per heavy atom. The highest BCUT2D eigenvalue weighted by Gasteiger charge is 2.22. The van der Waals surface area contributed by atoms with Gasteiger partial charge in [-0.1, -0.05) is 6.92 Å². The van der Waals surface area contributed by atoms with E-state index >= 15 is 0 Å². The van der Waals surface area contributed by atoms with Gasteiger partial charge in [0.1, 0.15) is 16.5 Å². The van der Waals surface area contributed by atoms with Crippen LogP contribution in [0, 0.1) is 17.6 Å². The zero-order valence-corrected chi connectivity index (χ0v) is 14.4. The van der Waals surface area contributed by atoms with Crippen LogP contribution in [0.4, 0.5) is 14.5 Å². The molecular formula is C18H17F2NO3S. The molecule has 0 saturated heterocycles. The molecule has 0 radical (unpaired) electrons. The van der Waals surface area contributed by atoms with Crippen molar-refractivity contribution in [2.75, 3.05) is 11.9 Å². The maximum Gasteiger partial charge on any atom is 0.348 e. The second-order valence-corrected chi connectivity index (χ2v) is 7.29. The fourth-order valence-electron chi connectivity index (χ4n) is 2.79. The molecule has 2 aromatic rings. The van der Waals surface area contributed by atoms with Crippen molar-refractivity contribution in [2.45, 2.75) is 26.2 Å². The molecule has 1 aliphatic rings. The first-order chi connectivity index (χ1) is 11.9. The number of thiophene rings is 1. The van der Waals surface area contributed by atoms with Crippen LogP contribution in [0.1, 0.15) is 33.5 Å². The van der Waals surface area contributed by atoms with E-state index in [1.54, 1.807) is 0 Å². The molecule has 132 valence electrons. The summed E-state index contributed by atoms with van der Waals surface area (Å²) in [5, 5.41) is 2.18. The standard InChI is InChI=1S/C18H17F2NO3S/c1-10-2-5-15-11(6-10)7-16(25-15)18(23)24-9-17(22)21-14-8-12(19)3-4-13(14)20/h3-4,7-8,10H,2,5-6,9H2,1H3,(H,21,22). The molecule has 0 fully saturated rings.